The molecule has 0 saturated carbocycles. The summed E-state index contributed by atoms with van der Waals surface area (Å²) in [6.07, 6.45) is 2.15. The maximum absolute atomic E-state index is 10.1. The quantitative estimate of drug-likeness (QED) is 0.377. The molecule has 0 aromatic heterocycles. The molecule has 0 aromatic carbocycles. The van der Waals surface area contributed by atoms with E-state index in [4.69, 9.17) is 10.6 Å². The summed E-state index contributed by atoms with van der Waals surface area (Å²) in [5, 5.41) is 11.9. The molecule has 12 heavy (non-hydrogen) atoms. The second kappa shape index (κ2) is 6.49. The number of hydrogen-bond donors (Lipinski definition) is 1. The van der Waals surface area contributed by atoms with Gasteiger partial charge in [0.15, 0.2) is 0 Å². The SMILES string of the molecule is CCC(CCCC(=O)O)N=[N+]=[N-]. The molecule has 0 bridgehead atoms. The fourth-order valence-electron chi connectivity index (χ4n) is 0.905. The highest BCUT2D eigenvalue weighted by Crippen LogP contribution is 2.08. The second-order valence-electron chi connectivity index (χ2n) is 2.55. The van der Waals surface area contributed by atoms with Crippen LogP contribution in [0.15, 0.2) is 5.11 Å². The first-order valence-corrected chi connectivity index (χ1v) is 3.96. The van der Waals surface area contributed by atoms with E-state index in [1.165, 1.54) is 0 Å². The number of carboxylic acid groups (broad SMARTS) is 1. The van der Waals surface area contributed by atoms with Crippen LogP contribution in [-0.2, 0) is 4.79 Å². The average Bonchev–Trinajstić information content (AvgIpc) is 2.02. The highest BCUT2D eigenvalue weighted by Gasteiger charge is 2.04. The maximum atomic E-state index is 10.1. The minimum atomic E-state index is -0.800. The lowest BCUT2D eigenvalue weighted by atomic mass is 10.1. The van der Waals surface area contributed by atoms with Crippen molar-refractivity contribution in [2.75, 3.05) is 0 Å². The molecule has 5 heteroatoms. The molecule has 0 heterocycles. The van der Waals surface area contributed by atoms with Crippen molar-refractivity contribution in [3.63, 3.8) is 0 Å². The lowest BCUT2D eigenvalue weighted by molar-refractivity contribution is -0.137. The van der Waals surface area contributed by atoms with Gasteiger partial charge in [0.1, 0.15) is 0 Å². The zero-order chi connectivity index (χ0) is 9.40. The molecule has 0 saturated heterocycles. The van der Waals surface area contributed by atoms with Gasteiger partial charge in [0, 0.05) is 17.4 Å². The summed E-state index contributed by atoms with van der Waals surface area (Å²) in [6.45, 7) is 1.92. The molecule has 0 aliphatic rings. The lowest BCUT2D eigenvalue weighted by Gasteiger charge is -2.04. The molecular weight excluding hydrogens is 158 g/mol. The number of carboxylic acids is 1. The number of aliphatic carboxylic acids is 1. The van der Waals surface area contributed by atoms with Crippen LogP contribution >= 0.6 is 0 Å². The van der Waals surface area contributed by atoms with Gasteiger partial charge in [0.05, 0.1) is 0 Å². The zero-order valence-corrected chi connectivity index (χ0v) is 7.10. The van der Waals surface area contributed by atoms with Crippen molar-refractivity contribution in [1.82, 2.24) is 0 Å². The third kappa shape index (κ3) is 5.56. The summed E-state index contributed by atoms with van der Waals surface area (Å²) in [5.41, 5.74) is 8.12. The Labute approximate surface area is 71.0 Å². The fourth-order valence-corrected chi connectivity index (χ4v) is 0.905. The summed E-state index contributed by atoms with van der Waals surface area (Å²) in [7, 11) is 0. The van der Waals surface area contributed by atoms with Crippen molar-refractivity contribution in [1.29, 1.82) is 0 Å². The van der Waals surface area contributed by atoms with E-state index in [1.807, 2.05) is 6.92 Å². The summed E-state index contributed by atoms with van der Waals surface area (Å²) >= 11 is 0. The first kappa shape index (κ1) is 10.8. The fraction of sp³-hybridized carbons (Fsp3) is 0.857. The Balaban J connectivity index is 3.58. The van der Waals surface area contributed by atoms with Crippen LogP contribution in [0.4, 0.5) is 0 Å². The number of carbonyl (C=O) groups is 1. The van der Waals surface area contributed by atoms with Crippen molar-refractivity contribution in [2.45, 2.75) is 38.6 Å². The molecule has 5 nitrogen and oxygen atoms in total. The molecule has 1 N–H and O–H groups in total. The molecule has 1 atom stereocenters. The highest BCUT2D eigenvalue weighted by atomic mass is 16.4. The Kier molecular flexibility index (Phi) is 5.83. The van der Waals surface area contributed by atoms with E-state index < -0.39 is 5.97 Å². The lowest BCUT2D eigenvalue weighted by Crippen LogP contribution is -2.03. The van der Waals surface area contributed by atoms with Crippen LogP contribution in [0, 0.1) is 0 Å². The highest BCUT2D eigenvalue weighted by molar-refractivity contribution is 5.66. The predicted molar refractivity (Wildman–Crippen MR) is 44.7 cm³/mol. The zero-order valence-electron chi connectivity index (χ0n) is 7.10. The van der Waals surface area contributed by atoms with Crippen LogP contribution < -0.4 is 0 Å². The third-order valence-corrected chi connectivity index (χ3v) is 1.61. The molecule has 0 aliphatic heterocycles. The van der Waals surface area contributed by atoms with Crippen LogP contribution in [0.2, 0.25) is 0 Å². The number of hydrogen-bond acceptors (Lipinski definition) is 2. The number of azide groups is 1. The van der Waals surface area contributed by atoms with E-state index in [0.717, 1.165) is 6.42 Å². The molecule has 0 rings (SSSR count). The maximum Gasteiger partial charge on any atom is 0.303 e. The minimum Gasteiger partial charge on any atom is -0.481 e. The van der Waals surface area contributed by atoms with Crippen LogP contribution in [-0.4, -0.2) is 17.1 Å². The topological polar surface area (TPSA) is 86.1 Å². The number of rotatable bonds is 6. The van der Waals surface area contributed by atoms with Crippen LogP contribution in [0.1, 0.15) is 32.6 Å². The summed E-state index contributed by atoms with van der Waals surface area (Å²) in [5.74, 6) is -0.800. The molecule has 0 radical (unpaired) electrons. The van der Waals surface area contributed by atoms with E-state index in [0.29, 0.717) is 12.8 Å². The minimum absolute atomic E-state index is 0.0469. The van der Waals surface area contributed by atoms with Gasteiger partial charge in [-0.25, -0.2) is 0 Å². The van der Waals surface area contributed by atoms with Crippen LogP contribution in [0.5, 0.6) is 0 Å². The molecule has 0 aliphatic carbocycles. The first-order chi connectivity index (χ1) is 5.70. The van der Waals surface area contributed by atoms with Gasteiger partial charge in [0.25, 0.3) is 0 Å². The molecule has 1 unspecified atom stereocenters. The van der Waals surface area contributed by atoms with Gasteiger partial charge in [-0.05, 0) is 24.8 Å². The van der Waals surface area contributed by atoms with E-state index in [9.17, 15) is 4.79 Å². The Morgan fingerprint density at radius 3 is 2.83 bits per heavy atom. The summed E-state index contributed by atoms with van der Waals surface area (Å²) in [6, 6.07) is -0.0469. The van der Waals surface area contributed by atoms with Gasteiger partial charge < -0.3 is 5.11 Å². The Morgan fingerprint density at radius 2 is 2.42 bits per heavy atom. The largest absolute Gasteiger partial charge is 0.481 e. The standard InChI is InChI=1S/C7H13N3O2/c1-2-6(9-10-8)4-3-5-7(11)12/h6H,2-5H2,1H3,(H,11,12). The molecular formula is C7H13N3O2. The second-order valence-corrected chi connectivity index (χ2v) is 2.55. The van der Waals surface area contributed by atoms with Crippen molar-refractivity contribution < 1.29 is 9.90 Å². The van der Waals surface area contributed by atoms with Crippen molar-refractivity contribution in [3.8, 4) is 0 Å². The third-order valence-electron chi connectivity index (χ3n) is 1.61. The van der Waals surface area contributed by atoms with E-state index >= 15 is 0 Å². The van der Waals surface area contributed by atoms with E-state index in [2.05, 4.69) is 10.0 Å². The van der Waals surface area contributed by atoms with E-state index in [1.54, 1.807) is 0 Å². The summed E-state index contributed by atoms with van der Waals surface area (Å²) in [4.78, 5) is 12.8. The van der Waals surface area contributed by atoms with Gasteiger partial charge in [-0.15, -0.1) is 0 Å². The van der Waals surface area contributed by atoms with Crippen molar-refractivity contribution in [2.24, 2.45) is 5.11 Å². The Bertz CT molecular complexity index is 187. The number of nitrogens with zero attached hydrogens (tertiary/aromatic N) is 3. The molecule has 0 fully saturated rings. The van der Waals surface area contributed by atoms with E-state index in [-0.39, 0.29) is 12.5 Å². The molecule has 0 amide bonds. The monoisotopic (exact) mass is 171 g/mol. The normalized spacial score (nSPS) is 11.8. The van der Waals surface area contributed by atoms with Crippen LogP contribution in [0.3, 0.4) is 0 Å². The molecule has 68 valence electrons. The van der Waals surface area contributed by atoms with Gasteiger partial charge in [-0.1, -0.05) is 12.0 Å². The molecule has 0 aromatic rings. The van der Waals surface area contributed by atoms with Crippen LogP contribution in [0.25, 0.3) is 10.4 Å². The smallest absolute Gasteiger partial charge is 0.303 e. The van der Waals surface area contributed by atoms with Gasteiger partial charge in [-0.3, -0.25) is 4.79 Å². The predicted octanol–water partition coefficient (Wildman–Crippen LogP) is 2.33. The van der Waals surface area contributed by atoms with Crippen molar-refractivity contribution in [3.05, 3.63) is 10.4 Å². The Hall–Kier alpha value is -1.22. The molecule has 0 spiro atoms. The first-order valence-electron chi connectivity index (χ1n) is 3.96. The van der Waals surface area contributed by atoms with Gasteiger partial charge in [0.2, 0.25) is 0 Å². The average molecular weight is 171 g/mol. The van der Waals surface area contributed by atoms with Crippen molar-refractivity contribution >= 4 is 5.97 Å². The summed E-state index contributed by atoms with van der Waals surface area (Å²) < 4.78 is 0. The Morgan fingerprint density at radius 1 is 1.75 bits per heavy atom. The van der Waals surface area contributed by atoms with Gasteiger partial charge >= 0.3 is 5.97 Å². The van der Waals surface area contributed by atoms with Gasteiger partial charge in [-0.2, -0.15) is 0 Å².